The zero-order chi connectivity index (χ0) is 18.0. The Kier molecular flexibility index (Phi) is 23.2. The quantitative estimate of drug-likeness (QED) is 0.240. The molecule has 0 saturated carbocycles. The van der Waals surface area contributed by atoms with Gasteiger partial charge in [-0.15, -0.1) is 41.0 Å². The van der Waals surface area contributed by atoms with Gasteiger partial charge >= 0.3 is 39.9 Å². The summed E-state index contributed by atoms with van der Waals surface area (Å²) in [5, 5.41) is 0. The van der Waals surface area contributed by atoms with Crippen LogP contribution >= 0.6 is 0 Å². The fourth-order valence-electron chi connectivity index (χ4n) is 0. The summed E-state index contributed by atoms with van der Waals surface area (Å²) >= 11 is 0. The molecule has 0 spiro atoms. The van der Waals surface area contributed by atoms with Crippen molar-refractivity contribution in [3.63, 3.8) is 0 Å². The van der Waals surface area contributed by atoms with Crippen LogP contribution in [0.2, 0.25) is 0 Å². The zero-order valence-electron chi connectivity index (χ0n) is 8.54. The van der Waals surface area contributed by atoms with Crippen LogP contribution in [-0.2, 0) is 0 Å². The maximum absolute atomic E-state index is 8.49. The van der Waals surface area contributed by atoms with E-state index in [0.29, 0.717) is 0 Å². The second kappa shape index (κ2) is 14.2. The normalized spacial score (nSPS) is 11.4. The average molecular weight is 630 g/mol. The van der Waals surface area contributed by atoms with E-state index in [2.05, 4.69) is 0 Å². The summed E-state index contributed by atoms with van der Waals surface area (Å²) in [4.78, 5) is 0. The average Bonchev–Trinajstić information content (AvgIpc) is 1.62. The minimum absolute atomic E-state index is 0. The summed E-state index contributed by atoms with van der Waals surface area (Å²) in [5.41, 5.74) is 0. The molecule has 0 N–H and O–H groups in total. The molecule has 0 unspecified atom stereocenters. The van der Waals surface area contributed by atoms with Gasteiger partial charge in [-0.3, -0.25) is 0 Å². The summed E-state index contributed by atoms with van der Waals surface area (Å²) in [6.07, 6.45) is 0. The van der Waals surface area contributed by atoms with Gasteiger partial charge in [-0.1, -0.05) is 0 Å². The Morgan fingerprint density at radius 2 is 0.238 bits per heavy atom. The second-order valence-electron chi connectivity index (χ2n) is 1.51. The Morgan fingerprint density at radius 1 is 0.238 bits per heavy atom. The molecule has 0 heterocycles. The van der Waals surface area contributed by atoms with E-state index >= 15 is 0 Å². The number of hydrogen-bond donors (Lipinski definition) is 0. The van der Waals surface area contributed by atoms with Gasteiger partial charge in [-0.2, -0.15) is 0 Å². The molecule has 0 rings (SSSR count). The van der Waals surface area contributed by atoms with Crippen LogP contribution in [0.4, 0.5) is 0 Å². The van der Waals surface area contributed by atoms with E-state index in [1.165, 1.54) is 0 Å². The Bertz CT molecular complexity index is 130. The van der Waals surface area contributed by atoms with Crippen molar-refractivity contribution in [3.05, 3.63) is 0 Å². The SMILES string of the molecule is [O-][Cl+3]([O-])([O-])[O-].[O-][Cl+3]([O-])([O-])[O-].[O-][Cl+3]([O-])([O-])[O-].[O-][Cl+3]([O-])([O-])[O-].[Th+4]. The Morgan fingerprint density at radius 3 is 0.238 bits per heavy atom. The van der Waals surface area contributed by atoms with Crippen molar-refractivity contribution in [1.82, 2.24) is 0 Å². The van der Waals surface area contributed by atoms with Gasteiger partial charge in [0.25, 0.3) is 0 Å². The van der Waals surface area contributed by atoms with Crippen molar-refractivity contribution in [2.45, 2.75) is 0 Å². The number of halogens is 4. The zero-order valence-corrected chi connectivity index (χ0v) is 15.7. The van der Waals surface area contributed by atoms with Crippen LogP contribution in [0.25, 0.3) is 0 Å². The van der Waals surface area contributed by atoms with Crippen molar-refractivity contribution >= 4 is 0 Å². The third-order valence-electron chi connectivity index (χ3n) is 0. The summed E-state index contributed by atoms with van der Waals surface area (Å²) in [6, 6.07) is 0. The first-order valence-corrected chi connectivity index (χ1v) is 7.41. The van der Waals surface area contributed by atoms with Gasteiger partial charge in [0.15, 0.2) is 0 Å². The van der Waals surface area contributed by atoms with Gasteiger partial charge < -0.3 is 0 Å². The fourth-order valence-corrected chi connectivity index (χ4v) is 0. The van der Waals surface area contributed by atoms with Crippen LogP contribution in [0.15, 0.2) is 0 Å². The molecule has 0 aromatic carbocycles. The van der Waals surface area contributed by atoms with E-state index in [1.54, 1.807) is 0 Å². The molecule has 0 aromatic rings. The molecular weight excluding hydrogens is 630 g/mol. The number of hydrogen-bond acceptors (Lipinski definition) is 16. The molecule has 0 fully saturated rings. The molecule has 0 aliphatic carbocycles. The second-order valence-corrected chi connectivity index (χ2v) is 4.54. The van der Waals surface area contributed by atoms with Gasteiger partial charge in [0.05, 0.1) is 0 Å². The maximum Gasteiger partial charge on any atom is 4.00 e. The molecule has 0 saturated heterocycles. The Balaban J connectivity index is -0.0000000533. The Hall–Kier alpha value is 1.84. The largest absolute Gasteiger partial charge is 4.00 e. The minimum Gasteiger partial charge on any atom is -0.222 e. The van der Waals surface area contributed by atoms with E-state index in [1.807, 2.05) is 0 Å². The van der Waals surface area contributed by atoms with E-state index in [4.69, 9.17) is 74.5 Å². The van der Waals surface area contributed by atoms with E-state index in [0.717, 1.165) is 0 Å². The molecule has 0 aromatic heterocycles. The van der Waals surface area contributed by atoms with Crippen molar-refractivity contribution in [2.75, 3.05) is 0 Å². The van der Waals surface area contributed by atoms with Gasteiger partial charge in [0.2, 0.25) is 0 Å². The topological polar surface area (TPSA) is 369 Å². The summed E-state index contributed by atoms with van der Waals surface area (Å²) < 4.78 is 136. The molecule has 0 aliphatic heterocycles. The molecular formula is Cl4O16Th. The van der Waals surface area contributed by atoms with Gasteiger partial charge in [-0.05, 0) is 0 Å². The molecule has 16 nitrogen and oxygen atoms in total. The van der Waals surface area contributed by atoms with Crippen molar-refractivity contribution in [2.24, 2.45) is 0 Å². The molecule has 0 atom stereocenters. The van der Waals surface area contributed by atoms with E-state index < -0.39 is 41.0 Å². The standard InChI is InChI=1S/4ClHO4.Th/c4*2-1(3,4)5;/h4*(H,2,3,4,5);/q;;;;+4/p-4. The first-order valence-electron chi connectivity index (χ1n) is 2.47. The Labute approximate surface area is 154 Å². The van der Waals surface area contributed by atoms with Crippen LogP contribution < -0.4 is 74.5 Å². The fraction of sp³-hybridized carbons (Fsp3) is 0. The van der Waals surface area contributed by atoms with Gasteiger partial charge in [-0.25, -0.2) is 74.5 Å². The van der Waals surface area contributed by atoms with Crippen molar-refractivity contribution < 1.29 is 155 Å². The molecule has 128 valence electrons. The van der Waals surface area contributed by atoms with Gasteiger partial charge in [0.1, 0.15) is 0 Å². The monoisotopic (exact) mass is 628 g/mol. The molecule has 0 radical (unpaired) electrons. The third kappa shape index (κ3) is 2530. The predicted molar refractivity (Wildman–Crippen MR) is 0 cm³/mol. The van der Waals surface area contributed by atoms with E-state index in [9.17, 15) is 0 Å². The number of rotatable bonds is 0. The summed E-state index contributed by atoms with van der Waals surface area (Å²) in [7, 11) is -19.8. The van der Waals surface area contributed by atoms with Crippen molar-refractivity contribution in [1.29, 1.82) is 0 Å². The van der Waals surface area contributed by atoms with Crippen molar-refractivity contribution in [3.8, 4) is 0 Å². The molecule has 0 aliphatic rings. The minimum atomic E-state index is -4.94. The molecule has 21 heavy (non-hydrogen) atoms. The van der Waals surface area contributed by atoms with Crippen LogP contribution in [-0.4, -0.2) is 0 Å². The molecule has 0 bridgehead atoms. The van der Waals surface area contributed by atoms with Crippen LogP contribution in [0.1, 0.15) is 0 Å². The summed E-state index contributed by atoms with van der Waals surface area (Å²) in [5.74, 6) is 0. The van der Waals surface area contributed by atoms with Crippen LogP contribution in [0, 0.1) is 80.9 Å². The predicted octanol–water partition coefficient (Wildman–Crippen LogP) is -19.0. The van der Waals surface area contributed by atoms with Crippen LogP contribution in [0.5, 0.6) is 0 Å². The van der Waals surface area contributed by atoms with Crippen LogP contribution in [0.3, 0.4) is 0 Å². The van der Waals surface area contributed by atoms with E-state index in [-0.39, 0.29) is 39.9 Å². The first-order chi connectivity index (χ1) is 8.00. The van der Waals surface area contributed by atoms with Gasteiger partial charge in [0, 0.05) is 0 Å². The summed E-state index contributed by atoms with van der Waals surface area (Å²) in [6.45, 7) is 0. The molecule has 21 heteroatoms. The molecule has 0 amide bonds. The maximum atomic E-state index is 8.49. The first kappa shape index (κ1) is 34.2. The third-order valence-corrected chi connectivity index (χ3v) is 0. The smallest absolute Gasteiger partial charge is 0.222 e.